The summed E-state index contributed by atoms with van der Waals surface area (Å²) < 4.78 is 22.1. The van der Waals surface area contributed by atoms with Crippen LogP contribution in [0.1, 0.15) is 22.3 Å². The van der Waals surface area contributed by atoms with Gasteiger partial charge in [-0.05, 0) is 54.3 Å². The maximum absolute atomic E-state index is 10.8. The summed E-state index contributed by atoms with van der Waals surface area (Å²) >= 11 is 0. The van der Waals surface area contributed by atoms with Crippen LogP contribution in [0.2, 0.25) is 0 Å². The summed E-state index contributed by atoms with van der Waals surface area (Å²) in [6.45, 7) is 0.740. The molecule has 2 aromatic carbocycles. The van der Waals surface area contributed by atoms with E-state index >= 15 is 0 Å². The number of aliphatic hydroxyl groups excluding tert-OH is 5. The standard InChI is InChI=1S/C22H26O9/c1-12-6-17-16(8-14(12)7-13-2-4-15(5-3-13)28-10-24)22(30-11-29-17)21(27)20(26)19(25)18(9-23)31-22/h2-6,8,18-21,23-27H,7,9-11H2,1H3/t18-,19-,20+,21-,22+/m1/s1. The van der Waals surface area contributed by atoms with Gasteiger partial charge in [-0.2, -0.15) is 0 Å². The van der Waals surface area contributed by atoms with E-state index in [2.05, 4.69) is 0 Å². The summed E-state index contributed by atoms with van der Waals surface area (Å²) in [7, 11) is 0. The molecule has 0 saturated carbocycles. The van der Waals surface area contributed by atoms with Crippen LogP contribution in [0.4, 0.5) is 0 Å². The van der Waals surface area contributed by atoms with E-state index in [0.29, 0.717) is 23.5 Å². The lowest BCUT2D eigenvalue weighted by molar-refractivity contribution is -0.389. The summed E-state index contributed by atoms with van der Waals surface area (Å²) in [6, 6.07) is 10.8. The van der Waals surface area contributed by atoms with Crippen molar-refractivity contribution in [3.8, 4) is 11.5 Å². The van der Waals surface area contributed by atoms with E-state index in [4.69, 9.17) is 24.1 Å². The molecule has 5 N–H and O–H groups in total. The number of hydrogen-bond donors (Lipinski definition) is 5. The second-order valence-corrected chi connectivity index (χ2v) is 7.71. The maximum atomic E-state index is 10.8. The van der Waals surface area contributed by atoms with E-state index in [9.17, 15) is 20.4 Å². The average Bonchev–Trinajstić information content (AvgIpc) is 2.77. The Morgan fingerprint density at radius 1 is 1.06 bits per heavy atom. The molecule has 2 aromatic rings. The van der Waals surface area contributed by atoms with Crippen molar-refractivity contribution in [2.45, 2.75) is 43.5 Å². The Bertz CT molecular complexity index is 914. The third-order valence-corrected chi connectivity index (χ3v) is 5.80. The molecule has 1 fully saturated rings. The van der Waals surface area contributed by atoms with Gasteiger partial charge >= 0.3 is 0 Å². The van der Waals surface area contributed by atoms with E-state index in [-0.39, 0.29) is 6.79 Å². The van der Waals surface area contributed by atoms with E-state index < -0.39 is 43.6 Å². The lowest BCUT2D eigenvalue weighted by Crippen LogP contribution is -2.65. The first-order valence-electron chi connectivity index (χ1n) is 9.96. The molecule has 5 atom stereocenters. The third-order valence-electron chi connectivity index (χ3n) is 5.80. The van der Waals surface area contributed by atoms with Crippen LogP contribution in [0.15, 0.2) is 36.4 Å². The predicted molar refractivity (Wildman–Crippen MR) is 106 cm³/mol. The number of benzene rings is 2. The fraction of sp³-hybridized carbons (Fsp3) is 0.455. The number of hydrogen-bond acceptors (Lipinski definition) is 9. The summed E-state index contributed by atoms with van der Waals surface area (Å²) in [5.41, 5.74) is 3.20. The van der Waals surface area contributed by atoms with Crippen LogP contribution in [-0.2, 0) is 21.7 Å². The molecule has 0 amide bonds. The van der Waals surface area contributed by atoms with Gasteiger partial charge in [0, 0.05) is 0 Å². The van der Waals surface area contributed by atoms with Gasteiger partial charge in [-0.3, -0.25) is 0 Å². The molecule has 31 heavy (non-hydrogen) atoms. The quantitative estimate of drug-likeness (QED) is 0.409. The number of ether oxygens (including phenoxy) is 4. The second kappa shape index (κ2) is 8.71. The molecule has 0 unspecified atom stereocenters. The second-order valence-electron chi connectivity index (χ2n) is 7.71. The van der Waals surface area contributed by atoms with Gasteiger partial charge in [0.25, 0.3) is 0 Å². The molecule has 1 saturated heterocycles. The van der Waals surface area contributed by atoms with Gasteiger partial charge in [-0.15, -0.1) is 0 Å². The van der Waals surface area contributed by atoms with Gasteiger partial charge in [-0.1, -0.05) is 12.1 Å². The Labute approximate surface area is 179 Å². The minimum atomic E-state index is -1.79. The van der Waals surface area contributed by atoms with Crippen LogP contribution in [0, 0.1) is 6.92 Å². The SMILES string of the molecule is Cc1cc2c(cc1Cc1ccc(OCO)cc1)[C@]1(OCO2)O[C@H](CO)[C@@H](O)[C@H](O)[C@H]1O. The number of fused-ring (bicyclic) bond motifs is 2. The van der Waals surface area contributed by atoms with Crippen LogP contribution < -0.4 is 9.47 Å². The molecule has 2 aliphatic heterocycles. The zero-order chi connectivity index (χ0) is 22.2. The maximum Gasteiger partial charge on any atom is 0.231 e. The summed E-state index contributed by atoms with van der Waals surface area (Å²) in [5.74, 6) is -0.810. The van der Waals surface area contributed by atoms with Gasteiger partial charge in [0.15, 0.2) is 13.6 Å². The molecular weight excluding hydrogens is 408 g/mol. The average molecular weight is 434 g/mol. The summed E-state index contributed by atoms with van der Waals surface area (Å²) in [5, 5.41) is 49.7. The molecule has 0 aliphatic carbocycles. The molecule has 2 aliphatic rings. The Kier molecular flexibility index (Phi) is 6.18. The van der Waals surface area contributed by atoms with E-state index in [1.165, 1.54) is 0 Å². The zero-order valence-corrected chi connectivity index (χ0v) is 17.0. The van der Waals surface area contributed by atoms with Crippen molar-refractivity contribution in [1.82, 2.24) is 0 Å². The van der Waals surface area contributed by atoms with Crippen molar-refractivity contribution >= 4 is 0 Å². The van der Waals surface area contributed by atoms with Crippen molar-refractivity contribution in [3.63, 3.8) is 0 Å². The topological polar surface area (TPSA) is 138 Å². The minimum Gasteiger partial charge on any atom is -0.468 e. The largest absolute Gasteiger partial charge is 0.468 e. The highest BCUT2D eigenvalue weighted by Crippen LogP contribution is 2.46. The number of aliphatic hydroxyl groups is 5. The lowest BCUT2D eigenvalue weighted by Gasteiger charge is -2.49. The Balaban J connectivity index is 1.71. The first kappa shape index (κ1) is 22.0. The molecule has 9 nitrogen and oxygen atoms in total. The van der Waals surface area contributed by atoms with Gasteiger partial charge in [0.1, 0.15) is 35.9 Å². The fourth-order valence-corrected chi connectivity index (χ4v) is 4.05. The lowest BCUT2D eigenvalue weighted by atomic mass is 9.85. The Morgan fingerprint density at radius 3 is 2.48 bits per heavy atom. The predicted octanol–water partition coefficient (Wildman–Crippen LogP) is -0.0925. The van der Waals surface area contributed by atoms with Gasteiger partial charge in [0.2, 0.25) is 5.79 Å². The van der Waals surface area contributed by atoms with E-state index in [1.54, 1.807) is 24.3 Å². The van der Waals surface area contributed by atoms with Crippen LogP contribution >= 0.6 is 0 Å². The fourth-order valence-electron chi connectivity index (χ4n) is 4.05. The monoisotopic (exact) mass is 434 g/mol. The van der Waals surface area contributed by atoms with Crippen molar-refractivity contribution in [3.05, 3.63) is 58.7 Å². The summed E-state index contributed by atoms with van der Waals surface area (Å²) in [6.07, 6.45) is -5.25. The third kappa shape index (κ3) is 3.90. The molecule has 4 rings (SSSR count). The smallest absolute Gasteiger partial charge is 0.231 e. The molecule has 2 heterocycles. The van der Waals surface area contributed by atoms with Gasteiger partial charge in [0.05, 0.1) is 12.2 Å². The summed E-state index contributed by atoms with van der Waals surface area (Å²) in [4.78, 5) is 0. The Morgan fingerprint density at radius 2 is 1.81 bits per heavy atom. The van der Waals surface area contributed by atoms with Crippen LogP contribution in [0.5, 0.6) is 11.5 Å². The number of rotatable bonds is 5. The molecule has 0 bridgehead atoms. The molecule has 9 heteroatoms. The highest BCUT2D eigenvalue weighted by Gasteiger charge is 2.58. The number of aryl methyl sites for hydroxylation is 1. The van der Waals surface area contributed by atoms with Crippen LogP contribution in [0.25, 0.3) is 0 Å². The van der Waals surface area contributed by atoms with Crippen molar-refractivity contribution < 1.29 is 44.5 Å². The minimum absolute atomic E-state index is 0.226. The van der Waals surface area contributed by atoms with Gasteiger partial charge in [-0.25, -0.2) is 0 Å². The van der Waals surface area contributed by atoms with Crippen molar-refractivity contribution in [1.29, 1.82) is 0 Å². The van der Waals surface area contributed by atoms with Crippen LogP contribution in [-0.4, -0.2) is 70.1 Å². The Hall–Kier alpha value is -2.24. The van der Waals surface area contributed by atoms with Crippen molar-refractivity contribution in [2.24, 2.45) is 0 Å². The first-order chi connectivity index (χ1) is 14.9. The molecule has 0 aromatic heterocycles. The highest BCUT2D eigenvalue weighted by atomic mass is 16.8. The van der Waals surface area contributed by atoms with Crippen molar-refractivity contribution in [2.75, 3.05) is 20.2 Å². The molecule has 168 valence electrons. The molecular formula is C22H26O9. The van der Waals surface area contributed by atoms with Crippen LogP contribution in [0.3, 0.4) is 0 Å². The highest BCUT2D eigenvalue weighted by molar-refractivity contribution is 5.48. The van der Waals surface area contributed by atoms with Gasteiger partial charge < -0.3 is 44.5 Å². The van der Waals surface area contributed by atoms with E-state index in [1.807, 2.05) is 19.1 Å². The van der Waals surface area contributed by atoms with E-state index in [0.717, 1.165) is 16.7 Å². The normalized spacial score (nSPS) is 30.0. The molecule has 0 radical (unpaired) electrons. The first-order valence-corrected chi connectivity index (χ1v) is 9.96. The molecule has 1 spiro atoms. The zero-order valence-electron chi connectivity index (χ0n) is 17.0.